The van der Waals surface area contributed by atoms with Crippen LogP contribution in [0.5, 0.6) is 0 Å². The van der Waals surface area contributed by atoms with Crippen molar-refractivity contribution in [1.82, 2.24) is 10.2 Å². The van der Waals surface area contributed by atoms with Crippen LogP contribution >= 0.6 is 0 Å². The molecule has 5 nitrogen and oxygen atoms in total. The van der Waals surface area contributed by atoms with E-state index in [0.29, 0.717) is 19.5 Å². The molecule has 5 heteroatoms. The Bertz CT molecular complexity index is 238. The summed E-state index contributed by atoms with van der Waals surface area (Å²) < 4.78 is 0. The van der Waals surface area contributed by atoms with E-state index in [-0.39, 0.29) is 11.9 Å². The third-order valence-corrected chi connectivity index (χ3v) is 2.74. The van der Waals surface area contributed by atoms with Gasteiger partial charge in [-0.1, -0.05) is 6.92 Å². The third kappa shape index (κ3) is 3.42. The molecule has 1 unspecified atom stereocenters. The first-order valence-corrected chi connectivity index (χ1v) is 5.32. The summed E-state index contributed by atoms with van der Waals surface area (Å²) in [4.78, 5) is 13.4. The Morgan fingerprint density at radius 1 is 1.40 bits per heavy atom. The lowest BCUT2D eigenvalue weighted by Gasteiger charge is -2.31. The van der Waals surface area contributed by atoms with Crippen molar-refractivity contribution in [3.8, 4) is 0 Å². The summed E-state index contributed by atoms with van der Waals surface area (Å²) in [6, 6.07) is -0.167. The number of hydrogen-bond acceptors (Lipinski definition) is 2. The van der Waals surface area contributed by atoms with Crippen LogP contribution in [0.1, 0.15) is 34.1 Å². The van der Waals surface area contributed by atoms with Crippen molar-refractivity contribution in [2.24, 2.45) is 5.73 Å². The minimum absolute atomic E-state index is 0.00879. The highest BCUT2D eigenvalue weighted by atomic mass is 16.2. The van der Waals surface area contributed by atoms with Gasteiger partial charge in [0.2, 0.25) is 0 Å². The van der Waals surface area contributed by atoms with Crippen LogP contribution in [0, 0.1) is 5.41 Å². The van der Waals surface area contributed by atoms with Crippen molar-refractivity contribution in [1.29, 1.82) is 5.41 Å². The molecule has 0 aliphatic rings. The van der Waals surface area contributed by atoms with Gasteiger partial charge in [-0.3, -0.25) is 5.41 Å². The van der Waals surface area contributed by atoms with Crippen LogP contribution < -0.4 is 11.1 Å². The molecule has 0 heterocycles. The molecule has 0 saturated heterocycles. The highest BCUT2D eigenvalue weighted by Crippen LogP contribution is 2.09. The van der Waals surface area contributed by atoms with Gasteiger partial charge in [0, 0.05) is 13.1 Å². The van der Waals surface area contributed by atoms with Crippen molar-refractivity contribution < 1.29 is 4.79 Å². The van der Waals surface area contributed by atoms with E-state index in [2.05, 4.69) is 5.32 Å². The molecule has 4 N–H and O–H groups in total. The number of amides is 2. The summed E-state index contributed by atoms with van der Waals surface area (Å²) in [5, 5.41) is 10.2. The number of nitrogens with one attached hydrogen (secondary N) is 2. The lowest BCUT2D eigenvalue weighted by atomic mass is 9.98. The van der Waals surface area contributed by atoms with Crippen LogP contribution in [0.3, 0.4) is 0 Å². The first-order chi connectivity index (χ1) is 6.91. The molecule has 88 valence electrons. The monoisotopic (exact) mass is 214 g/mol. The third-order valence-electron chi connectivity index (χ3n) is 2.74. The van der Waals surface area contributed by atoms with Crippen LogP contribution in [-0.4, -0.2) is 35.4 Å². The highest BCUT2D eigenvalue weighted by molar-refractivity contribution is 5.91. The standard InChI is InChI=1S/C10H22N4O/c1-5-10(4,8(11)12)13-9(15)14(6-2)7-3/h5-7H2,1-4H3,(H3,11,12)(H,13,15). The largest absolute Gasteiger partial charge is 0.386 e. The zero-order valence-electron chi connectivity index (χ0n) is 10.1. The van der Waals surface area contributed by atoms with Gasteiger partial charge < -0.3 is 16.0 Å². The summed E-state index contributed by atoms with van der Waals surface area (Å²) in [6.45, 7) is 8.79. The van der Waals surface area contributed by atoms with Crippen molar-refractivity contribution in [2.45, 2.75) is 39.7 Å². The van der Waals surface area contributed by atoms with Gasteiger partial charge in [-0.05, 0) is 27.2 Å². The van der Waals surface area contributed by atoms with Crippen molar-refractivity contribution >= 4 is 11.9 Å². The van der Waals surface area contributed by atoms with Gasteiger partial charge in [0.1, 0.15) is 5.84 Å². The fourth-order valence-corrected chi connectivity index (χ4v) is 1.17. The van der Waals surface area contributed by atoms with Gasteiger partial charge in [-0.2, -0.15) is 0 Å². The number of carbonyl (C=O) groups is 1. The molecule has 0 rings (SSSR count). The summed E-state index contributed by atoms with van der Waals surface area (Å²) in [7, 11) is 0. The van der Waals surface area contributed by atoms with Crippen LogP contribution in [-0.2, 0) is 0 Å². The van der Waals surface area contributed by atoms with E-state index in [1.165, 1.54) is 0 Å². The molecule has 15 heavy (non-hydrogen) atoms. The fraction of sp³-hybridized carbons (Fsp3) is 0.800. The molecule has 2 amide bonds. The second-order valence-electron chi connectivity index (χ2n) is 3.70. The number of amidine groups is 1. The number of nitrogens with zero attached hydrogens (tertiary/aromatic N) is 1. The summed E-state index contributed by atoms with van der Waals surface area (Å²) in [6.07, 6.45) is 0.606. The van der Waals surface area contributed by atoms with Gasteiger partial charge in [0.15, 0.2) is 0 Å². The Balaban J connectivity index is 4.56. The van der Waals surface area contributed by atoms with Gasteiger partial charge >= 0.3 is 6.03 Å². The molecular weight excluding hydrogens is 192 g/mol. The maximum Gasteiger partial charge on any atom is 0.318 e. The normalized spacial score (nSPS) is 14.1. The quantitative estimate of drug-likeness (QED) is 0.474. The summed E-state index contributed by atoms with van der Waals surface area (Å²) in [5.74, 6) is -0.00879. The Morgan fingerprint density at radius 2 is 1.87 bits per heavy atom. The Morgan fingerprint density at radius 3 is 2.13 bits per heavy atom. The van der Waals surface area contributed by atoms with Crippen LogP contribution in [0.2, 0.25) is 0 Å². The maximum absolute atomic E-state index is 11.7. The van der Waals surface area contributed by atoms with E-state index in [0.717, 1.165) is 0 Å². The molecule has 0 saturated carbocycles. The second-order valence-corrected chi connectivity index (χ2v) is 3.70. The predicted molar refractivity (Wildman–Crippen MR) is 62.1 cm³/mol. The molecule has 0 aromatic rings. The molecule has 0 aromatic carbocycles. The Hall–Kier alpha value is -1.26. The topological polar surface area (TPSA) is 82.2 Å². The molecule has 0 spiro atoms. The Labute approximate surface area is 91.5 Å². The van der Waals surface area contributed by atoms with Crippen molar-refractivity contribution in [3.05, 3.63) is 0 Å². The fourth-order valence-electron chi connectivity index (χ4n) is 1.17. The molecule has 0 aliphatic carbocycles. The van der Waals surface area contributed by atoms with Gasteiger partial charge in [-0.15, -0.1) is 0 Å². The van der Waals surface area contributed by atoms with Crippen LogP contribution in [0.15, 0.2) is 0 Å². The lowest BCUT2D eigenvalue weighted by molar-refractivity contribution is 0.195. The van der Waals surface area contributed by atoms with E-state index in [9.17, 15) is 4.79 Å². The second kappa shape index (κ2) is 5.58. The first-order valence-electron chi connectivity index (χ1n) is 5.32. The minimum atomic E-state index is -0.736. The van der Waals surface area contributed by atoms with E-state index in [1.807, 2.05) is 20.8 Å². The summed E-state index contributed by atoms with van der Waals surface area (Å²) in [5.41, 5.74) is 4.73. The van der Waals surface area contributed by atoms with Crippen LogP contribution in [0.25, 0.3) is 0 Å². The molecule has 0 radical (unpaired) electrons. The average molecular weight is 214 g/mol. The van der Waals surface area contributed by atoms with Gasteiger partial charge in [0.05, 0.1) is 5.54 Å². The Kier molecular flexibility index (Phi) is 5.11. The van der Waals surface area contributed by atoms with Crippen molar-refractivity contribution in [3.63, 3.8) is 0 Å². The average Bonchev–Trinajstić information content (AvgIpc) is 2.19. The minimum Gasteiger partial charge on any atom is -0.386 e. The highest BCUT2D eigenvalue weighted by Gasteiger charge is 2.29. The number of rotatable bonds is 5. The number of urea groups is 1. The molecule has 0 bridgehead atoms. The van der Waals surface area contributed by atoms with Gasteiger partial charge in [0.25, 0.3) is 0 Å². The summed E-state index contributed by atoms with van der Waals surface area (Å²) >= 11 is 0. The number of nitrogens with two attached hydrogens (primary N) is 1. The molecule has 1 atom stereocenters. The van der Waals surface area contributed by atoms with E-state index in [4.69, 9.17) is 11.1 Å². The van der Waals surface area contributed by atoms with E-state index < -0.39 is 5.54 Å². The van der Waals surface area contributed by atoms with Crippen LogP contribution in [0.4, 0.5) is 4.79 Å². The smallest absolute Gasteiger partial charge is 0.318 e. The number of hydrogen-bond donors (Lipinski definition) is 3. The molecular formula is C10H22N4O. The zero-order chi connectivity index (χ0) is 12.1. The van der Waals surface area contributed by atoms with Crippen molar-refractivity contribution in [2.75, 3.05) is 13.1 Å². The zero-order valence-corrected chi connectivity index (χ0v) is 10.1. The SMILES string of the molecule is CCN(CC)C(=O)NC(C)(CC)C(=N)N. The maximum atomic E-state index is 11.7. The lowest BCUT2D eigenvalue weighted by Crippen LogP contribution is -2.57. The van der Waals surface area contributed by atoms with E-state index in [1.54, 1.807) is 11.8 Å². The molecule has 0 aliphatic heterocycles. The first kappa shape index (κ1) is 13.7. The predicted octanol–water partition coefficient (Wildman–Crippen LogP) is 1.14. The number of carbonyl (C=O) groups excluding carboxylic acids is 1. The van der Waals surface area contributed by atoms with Gasteiger partial charge in [-0.25, -0.2) is 4.79 Å². The molecule has 0 fully saturated rings. The van der Waals surface area contributed by atoms with E-state index >= 15 is 0 Å². The molecule has 0 aromatic heterocycles.